The highest BCUT2D eigenvalue weighted by molar-refractivity contribution is 5.79. The molecule has 0 aromatic carbocycles. The molecule has 0 spiro atoms. The largest absolute Gasteiger partial charge is 0.375 e. The monoisotopic (exact) mass is 537 g/mol. The van der Waals surface area contributed by atoms with E-state index in [1.807, 2.05) is 0 Å². The van der Waals surface area contributed by atoms with Crippen LogP contribution < -0.4 is 0 Å². The van der Waals surface area contributed by atoms with Crippen LogP contribution in [-0.4, -0.2) is 104 Å². The van der Waals surface area contributed by atoms with Crippen LogP contribution in [0.4, 0.5) is 4.39 Å². The number of fused-ring (bicyclic) bond motifs is 1. The van der Waals surface area contributed by atoms with E-state index in [4.69, 9.17) is 9.47 Å². The van der Waals surface area contributed by atoms with Gasteiger partial charge in [-0.2, -0.15) is 0 Å². The second kappa shape index (κ2) is 15.3. The minimum atomic E-state index is -0.268. The van der Waals surface area contributed by atoms with E-state index in [0.717, 1.165) is 76.5 Å². The maximum atomic E-state index is 13.6. The molecule has 3 saturated heterocycles. The van der Waals surface area contributed by atoms with Crippen LogP contribution in [0.3, 0.4) is 0 Å². The molecule has 0 bridgehead atoms. The fraction of sp³-hybridized carbons (Fsp3) is 0.968. The fourth-order valence-corrected chi connectivity index (χ4v) is 7.69. The summed E-state index contributed by atoms with van der Waals surface area (Å²) in [5.74, 6) is 2.12. The van der Waals surface area contributed by atoms with Gasteiger partial charge in [-0.25, -0.2) is 4.39 Å². The number of halogens is 1. The highest BCUT2D eigenvalue weighted by atomic mass is 19.1. The normalized spacial score (nSPS) is 33.2. The molecule has 3 aliphatic heterocycles. The smallest absolute Gasteiger partial charge is 0.228 e. The third-order valence-electron chi connectivity index (χ3n) is 9.90. The number of amides is 1. The molecule has 38 heavy (non-hydrogen) atoms. The molecule has 6 nitrogen and oxygen atoms in total. The van der Waals surface area contributed by atoms with Crippen molar-refractivity contribution >= 4 is 5.91 Å². The van der Waals surface area contributed by atoms with Crippen molar-refractivity contribution in [2.75, 3.05) is 59.0 Å². The van der Waals surface area contributed by atoms with E-state index in [1.165, 1.54) is 45.2 Å². The van der Waals surface area contributed by atoms with Crippen LogP contribution in [0.15, 0.2) is 0 Å². The maximum Gasteiger partial charge on any atom is 0.228 e. The van der Waals surface area contributed by atoms with Gasteiger partial charge in [0.2, 0.25) is 5.91 Å². The highest BCUT2D eigenvalue weighted by Crippen LogP contribution is 2.36. The van der Waals surface area contributed by atoms with Crippen LogP contribution in [0, 0.1) is 17.8 Å². The zero-order valence-electron chi connectivity index (χ0n) is 24.6. The summed E-state index contributed by atoms with van der Waals surface area (Å²) in [7, 11) is 0. The first-order valence-corrected chi connectivity index (χ1v) is 16.1. The number of alkyl halides is 1. The molecule has 0 N–H and O–H groups in total. The van der Waals surface area contributed by atoms with Gasteiger partial charge >= 0.3 is 0 Å². The Morgan fingerprint density at radius 2 is 1.71 bits per heavy atom. The minimum absolute atomic E-state index is 0.0321. The quantitative estimate of drug-likeness (QED) is 0.345. The van der Waals surface area contributed by atoms with E-state index in [2.05, 4.69) is 35.5 Å². The fourth-order valence-electron chi connectivity index (χ4n) is 7.69. The molecule has 0 radical (unpaired) electrons. The molecule has 220 valence electrons. The number of nitrogens with zero attached hydrogens (tertiary/aromatic N) is 3. The molecule has 4 aliphatic rings. The summed E-state index contributed by atoms with van der Waals surface area (Å²) in [4.78, 5) is 20.6. The lowest BCUT2D eigenvalue weighted by atomic mass is 9.75. The van der Waals surface area contributed by atoms with Crippen LogP contribution in [0.25, 0.3) is 0 Å². The lowest BCUT2D eigenvalue weighted by Gasteiger charge is -2.41. The van der Waals surface area contributed by atoms with Gasteiger partial charge in [0.15, 0.2) is 0 Å². The molecule has 4 fully saturated rings. The number of carbonyl (C=O) groups excluding carboxylic acids is 1. The molecule has 1 aliphatic carbocycles. The summed E-state index contributed by atoms with van der Waals surface area (Å²) in [6.45, 7) is 13.7. The number of rotatable bonds is 12. The van der Waals surface area contributed by atoms with Crippen LogP contribution in [0.1, 0.15) is 91.4 Å². The van der Waals surface area contributed by atoms with Gasteiger partial charge < -0.3 is 24.2 Å². The molecule has 5 unspecified atom stereocenters. The van der Waals surface area contributed by atoms with Crippen molar-refractivity contribution in [2.45, 2.75) is 116 Å². The number of hydrogen-bond acceptors (Lipinski definition) is 5. The third kappa shape index (κ3) is 8.62. The van der Waals surface area contributed by atoms with Crippen LogP contribution in [-0.2, 0) is 14.3 Å². The Morgan fingerprint density at radius 3 is 2.45 bits per heavy atom. The Morgan fingerprint density at radius 1 is 0.974 bits per heavy atom. The summed E-state index contributed by atoms with van der Waals surface area (Å²) in [5, 5.41) is 0. The number of piperidine rings is 2. The van der Waals surface area contributed by atoms with E-state index in [9.17, 15) is 9.18 Å². The Labute approximate surface area is 231 Å². The van der Waals surface area contributed by atoms with Crippen molar-refractivity contribution < 1.29 is 18.7 Å². The van der Waals surface area contributed by atoms with Crippen molar-refractivity contribution in [3.63, 3.8) is 0 Å². The minimum Gasteiger partial charge on any atom is -0.375 e. The van der Waals surface area contributed by atoms with E-state index >= 15 is 0 Å². The first-order chi connectivity index (χ1) is 18.5. The summed E-state index contributed by atoms with van der Waals surface area (Å²) in [6, 6.07) is 0. The molecule has 1 saturated carbocycles. The molecule has 7 heteroatoms. The van der Waals surface area contributed by atoms with Gasteiger partial charge in [0.05, 0.1) is 30.3 Å². The Balaban J connectivity index is 1.20. The van der Waals surface area contributed by atoms with Crippen LogP contribution in [0.5, 0.6) is 0 Å². The van der Waals surface area contributed by atoms with Crippen molar-refractivity contribution in [1.82, 2.24) is 14.7 Å². The van der Waals surface area contributed by atoms with Crippen molar-refractivity contribution in [1.29, 1.82) is 0 Å². The van der Waals surface area contributed by atoms with E-state index in [-0.39, 0.29) is 37.0 Å². The molecule has 0 aromatic rings. The van der Waals surface area contributed by atoms with E-state index < -0.39 is 0 Å². The average Bonchev–Trinajstić information content (AvgIpc) is 3.03. The highest BCUT2D eigenvalue weighted by Gasteiger charge is 2.37. The Bertz CT molecular complexity index is 704. The summed E-state index contributed by atoms with van der Waals surface area (Å²) in [6.07, 6.45) is 13.1. The van der Waals surface area contributed by atoms with Crippen LogP contribution >= 0.6 is 0 Å². The molecular weight excluding hydrogens is 481 g/mol. The Hall–Kier alpha value is -0.760. The van der Waals surface area contributed by atoms with Gasteiger partial charge in [-0.05, 0) is 90.1 Å². The molecule has 3 heterocycles. The SMILES string of the molecule is CCC1C(=O)N(CCCN2CCC3CCCCC3C2)C[C@H](C)OC1CCC(C)OC1CCN(CCF)CC1. The number of ether oxygens (including phenoxy) is 2. The second-order valence-electron chi connectivity index (χ2n) is 12.8. The second-order valence-corrected chi connectivity index (χ2v) is 12.8. The van der Waals surface area contributed by atoms with Crippen molar-refractivity contribution in [3.05, 3.63) is 0 Å². The van der Waals surface area contributed by atoms with Crippen molar-refractivity contribution in [3.8, 4) is 0 Å². The standard InChI is InChI=1S/C31H56FN3O3/c1-4-29-30(11-10-24(2)37-28-13-19-33(20-14-28)21-15-32)38-25(3)22-35(31(29)36)17-7-16-34-18-12-26-8-5-6-9-27(26)23-34/h24-30H,4-23H2,1-3H3/t24?,25-,26?,27?,29?,30?/m0/s1. The van der Waals surface area contributed by atoms with Gasteiger partial charge in [-0.3, -0.25) is 4.79 Å². The van der Waals surface area contributed by atoms with Gasteiger partial charge in [0, 0.05) is 39.3 Å². The molecular formula is C31H56FN3O3. The topological polar surface area (TPSA) is 45.3 Å². The zero-order chi connectivity index (χ0) is 26.9. The lowest BCUT2D eigenvalue weighted by molar-refractivity contribution is -0.137. The third-order valence-corrected chi connectivity index (χ3v) is 9.90. The Kier molecular flexibility index (Phi) is 12.2. The molecule has 1 amide bonds. The molecule has 4 rings (SSSR count). The van der Waals surface area contributed by atoms with Crippen LogP contribution in [0.2, 0.25) is 0 Å². The average molecular weight is 538 g/mol. The lowest BCUT2D eigenvalue weighted by Crippen LogP contribution is -2.44. The van der Waals surface area contributed by atoms with E-state index in [1.54, 1.807) is 0 Å². The predicted octanol–water partition coefficient (Wildman–Crippen LogP) is 5.15. The number of likely N-dealkylation sites (tertiary alicyclic amines) is 2. The van der Waals surface area contributed by atoms with Gasteiger partial charge in [-0.1, -0.05) is 26.2 Å². The van der Waals surface area contributed by atoms with Gasteiger partial charge in [0.25, 0.3) is 0 Å². The number of carbonyl (C=O) groups is 1. The van der Waals surface area contributed by atoms with Gasteiger partial charge in [-0.15, -0.1) is 0 Å². The van der Waals surface area contributed by atoms with Gasteiger partial charge in [0.1, 0.15) is 6.67 Å². The summed E-state index contributed by atoms with van der Waals surface area (Å²) in [5.41, 5.74) is 0. The van der Waals surface area contributed by atoms with E-state index in [0.29, 0.717) is 19.0 Å². The number of hydrogen-bond donors (Lipinski definition) is 0. The summed E-state index contributed by atoms with van der Waals surface area (Å²) >= 11 is 0. The maximum absolute atomic E-state index is 13.6. The molecule has 0 aromatic heterocycles. The predicted molar refractivity (Wildman–Crippen MR) is 151 cm³/mol. The first kappa shape index (κ1) is 30.2. The first-order valence-electron chi connectivity index (χ1n) is 16.1. The zero-order valence-corrected chi connectivity index (χ0v) is 24.6. The molecule has 6 atom stereocenters. The summed E-state index contributed by atoms with van der Waals surface area (Å²) < 4.78 is 25.4. The van der Waals surface area contributed by atoms with Crippen molar-refractivity contribution in [2.24, 2.45) is 17.8 Å².